The molecule has 0 aliphatic carbocycles. The number of aromatic nitrogens is 4. The van der Waals surface area contributed by atoms with Crippen LogP contribution in [0.15, 0.2) is 23.1 Å². The van der Waals surface area contributed by atoms with Crippen LogP contribution in [0.25, 0.3) is 0 Å². The van der Waals surface area contributed by atoms with Gasteiger partial charge in [0, 0.05) is 18.8 Å². The van der Waals surface area contributed by atoms with Gasteiger partial charge in [0.1, 0.15) is 5.01 Å². The SMILES string of the molecule is CCCNc1nnc(Cn2ncccc2=O)s1. The first-order valence-corrected chi connectivity index (χ1v) is 6.19. The van der Waals surface area contributed by atoms with E-state index in [1.54, 1.807) is 12.3 Å². The van der Waals surface area contributed by atoms with Crippen LogP contribution in [-0.2, 0) is 6.54 Å². The number of hydrogen-bond acceptors (Lipinski definition) is 6. The molecule has 0 fully saturated rings. The van der Waals surface area contributed by atoms with Gasteiger partial charge < -0.3 is 5.32 Å². The predicted octanol–water partition coefficient (Wildman–Crippen LogP) is 0.965. The molecule has 1 N–H and O–H groups in total. The molecule has 0 spiro atoms. The van der Waals surface area contributed by atoms with Gasteiger partial charge in [-0.3, -0.25) is 4.79 Å². The zero-order valence-electron chi connectivity index (χ0n) is 9.46. The molecule has 0 aromatic carbocycles. The number of nitrogens with one attached hydrogen (secondary N) is 1. The van der Waals surface area contributed by atoms with E-state index in [0.29, 0.717) is 6.54 Å². The third kappa shape index (κ3) is 3.10. The maximum absolute atomic E-state index is 11.4. The average Bonchev–Trinajstić information content (AvgIpc) is 2.77. The summed E-state index contributed by atoms with van der Waals surface area (Å²) in [5.41, 5.74) is -0.134. The monoisotopic (exact) mass is 251 g/mol. The van der Waals surface area contributed by atoms with E-state index < -0.39 is 0 Å². The van der Waals surface area contributed by atoms with E-state index in [0.717, 1.165) is 23.1 Å². The average molecular weight is 251 g/mol. The van der Waals surface area contributed by atoms with Crippen molar-refractivity contribution in [2.24, 2.45) is 0 Å². The molecule has 0 aliphatic heterocycles. The van der Waals surface area contributed by atoms with Crippen molar-refractivity contribution in [3.63, 3.8) is 0 Å². The summed E-state index contributed by atoms with van der Waals surface area (Å²) in [7, 11) is 0. The summed E-state index contributed by atoms with van der Waals surface area (Å²) >= 11 is 1.44. The number of hydrogen-bond donors (Lipinski definition) is 1. The molecule has 0 radical (unpaired) electrons. The highest BCUT2D eigenvalue weighted by Gasteiger charge is 2.05. The van der Waals surface area contributed by atoms with Crippen LogP contribution in [0.3, 0.4) is 0 Å². The molecule has 2 aromatic rings. The van der Waals surface area contributed by atoms with Crippen molar-refractivity contribution in [2.75, 3.05) is 11.9 Å². The standard InChI is InChI=1S/C10H13N5OS/c1-2-5-11-10-14-13-8(17-10)7-15-9(16)4-3-6-12-15/h3-4,6H,2,5,7H2,1H3,(H,11,14). The summed E-state index contributed by atoms with van der Waals surface area (Å²) in [6, 6.07) is 3.09. The van der Waals surface area contributed by atoms with Crippen molar-refractivity contribution >= 4 is 16.5 Å². The number of anilines is 1. The summed E-state index contributed by atoms with van der Waals surface area (Å²) < 4.78 is 1.37. The Morgan fingerprint density at radius 2 is 2.35 bits per heavy atom. The Morgan fingerprint density at radius 1 is 1.47 bits per heavy atom. The minimum absolute atomic E-state index is 0.134. The second kappa shape index (κ2) is 5.53. The maximum atomic E-state index is 11.4. The van der Waals surface area contributed by atoms with Gasteiger partial charge >= 0.3 is 0 Å². The highest BCUT2D eigenvalue weighted by atomic mass is 32.1. The molecule has 0 bridgehead atoms. The topological polar surface area (TPSA) is 72.7 Å². The molecule has 0 atom stereocenters. The lowest BCUT2D eigenvalue weighted by Crippen LogP contribution is -2.21. The molecule has 90 valence electrons. The lowest BCUT2D eigenvalue weighted by atomic mass is 10.5. The molecule has 0 aliphatic rings. The Hall–Kier alpha value is -1.76. The molecule has 17 heavy (non-hydrogen) atoms. The first kappa shape index (κ1) is 11.7. The number of nitrogens with zero attached hydrogens (tertiary/aromatic N) is 4. The molecule has 2 heterocycles. The van der Waals surface area contributed by atoms with Gasteiger partial charge in [-0.1, -0.05) is 18.3 Å². The van der Waals surface area contributed by atoms with E-state index >= 15 is 0 Å². The van der Waals surface area contributed by atoms with Gasteiger partial charge in [-0.25, -0.2) is 4.68 Å². The van der Waals surface area contributed by atoms with Crippen molar-refractivity contribution in [1.82, 2.24) is 20.0 Å². The molecule has 2 rings (SSSR count). The summed E-state index contributed by atoms with van der Waals surface area (Å²) in [6.07, 6.45) is 2.62. The molecule has 6 nitrogen and oxygen atoms in total. The fraction of sp³-hybridized carbons (Fsp3) is 0.400. The molecule has 7 heteroatoms. The van der Waals surface area contributed by atoms with Crippen LogP contribution in [0.2, 0.25) is 0 Å². The van der Waals surface area contributed by atoms with Gasteiger partial charge in [-0.05, 0) is 12.5 Å². The maximum Gasteiger partial charge on any atom is 0.267 e. The summed E-state index contributed by atoms with van der Waals surface area (Å²) in [5, 5.41) is 16.7. The molecule has 0 unspecified atom stereocenters. The van der Waals surface area contributed by atoms with Crippen molar-refractivity contribution in [2.45, 2.75) is 19.9 Å². The first-order chi connectivity index (χ1) is 8.29. The molecule has 2 aromatic heterocycles. The minimum Gasteiger partial charge on any atom is -0.360 e. The minimum atomic E-state index is -0.134. The van der Waals surface area contributed by atoms with E-state index in [-0.39, 0.29) is 5.56 Å². The quantitative estimate of drug-likeness (QED) is 0.857. The van der Waals surface area contributed by atoms with Gasteiger partial charge in [0.05, 0.1) is 6.54 Å². The van der Waals surface area contributed by atoms with E-state index in [4.69, 9.17) is 0 Å². The summed E-state index contributed by atoms with van der Waals surface area (Å²) in [5.74, 6) is 0. The Balaban J connectivity index is 2.07. The first-order valence-electron chi connectivity index (χ1n) is 5.38. The van der Waals surface area contributed by atoms with Crippen LogP contribution in [0.5, 0.6) is 0 Å². The smallest absolute Gasteiger partial charge is 0.267 e. The molecule has 0 saturated carbocycles. The number of rotatable bonds is 5. The van der Waals surface area contributed by atoms with Gasteiger partial charge in [-0.2, -0.15) is 5.10 Å². The third-order valence-electron chi connectivity index (χ3n) is 2.06. The third-order valence-corrected chi connectivity index (χ3v) is 2.93. The van der Waals surface area contributed by atoms with Crippen LogP contribution in [-0.4, -0.2) is 26.5 Å². The highest BCUT2D eigenvalue weighted by molar-refractivity contribution is 7.15. The molecule has 0 amide bonds. The Bertz CT molecular complexity index is 535. The predicted molar refractivity (Wildman–Crippen MR) is 66.3 cm³/mol. The highest BCUT2D eigenvalue weighted by Crippen LogP contribution is 2.15. The second-order valence-corrected chi connectivity index (χ2v) is 4.51. The van der Waals surface area contributed by atoms with Crippen LogP contribution in [0, 0.1) is 0 Å². The molecular formula is C10H13N5OS. The van der Waals surface area contributed by atoms with E-state index in [1.165, 1.54) is 22.1 Å². The Kier molecular flexibility index (Phi) is 3.81. The van der Waals surface area contributed by atoms with Gasteiger partial charge in [0.2, 0.25) is 5.13 Å². The van der Waals surface area contributed by atoms with Crippen LogP contribution in [0.1, 0.15) is 18.4 Å². The lowest BCUT2D eigenvalue weighted by Gasteiger charge is -1.98. The van der Waals surface area contributed by atoms with Crippen LogP contribution in [0.4, 0.5) is 5.13 Å². The van der Waals surface area contributed by atoms with Gasteiger partial charge in [0.25, 0.3) is 5.56 Å². The zero-order chi connectivity index (χ0) is 12.1. The normalized spacial score (nSPS) is 10.4. The van der Waals surface area contributed by atoms with Crippen LogP contribution < -0.4 is 10.9 Å². The van der Waals surface area contributed by atoms with E-state index in [9.17, 15) is 4.79 Å². The second-order valence-electron chi connectivity index (χ2n) is 3.45. The lowest BCUT2D eigenvalue weighted by molar-refractivity contribution is 0.632. The van der Waals surface area contributed by atoms with Crippen LogP contribution >= 0.6 is 11.3 Å². The van der Waals surface area contributed by atoms with Crippen molar-refractivity contribution in [1.29, 1.82) is 0 Å². The zero-order valence-corrected chi connectivity index (χ0v) is 10.3. The molecule has 0 saturated heterocycles. The van der Waals surface area contributed by atoms with E-state index in [2.05, 4.69) is 27.5 Å². The Morgan fingerprint density at radius 3 is 3.12 bits per heavy atom. The van der Waals surface area contributed by atoms with Gasteiger partial charge in [-0.15, -0.1) is 10.2 Å². The van der Waals surface area contributed by atoms with Crippen molar-refractivity contribution in [3.05, 3.63) is 33.7 Å². The fourth-order valence-corrected chi connectivity index (χ4v) is 2.00. The largest absolute Gasteiger partial charge is 0.360 e. The summed E-state index contributed by atoms with van der Waals surface area (Å²) in [6.45, 7) is 3.33. The fourth-order valence-electron chi connectivity index (χ4n) is 1.25. The Labute approximate surface area is 102 Å². The summed E-state index contributed by atoms with van der Waals surface area (Å²) in [4.78, 5) is 11.4. The van der Waals surface area contributed by atoms with E-state index in [1.807, 2.05) is 0 Å². The van der Waals surface area contributed by atoms with Crippen molar-refractivity contribution in [3.8, 4) is 0 Å². The van der Waals surface area contributed by atoms with Gasteiger partial charge in [0.15, 0.2) is 0 Å². The molecular weight excluding hydrogens is 238 g/mol. The van der Waals surface area contributed by atoms with Crippen molar-refractivity contribution < 1.29 is 0 Å².